The van der Waals surface area contributed by atoms with Crippen molar-refractivity contribution in [2.75, 3.05) is 20.2 Å². The van der Waals surface area contributed by atoms with E-state index in [1.807, 2.05) is 53.3 Å². The van der Waals surface area contributed by atoms with Crippen molar-refractivity contribution in [3.8, 4) is 34.1 Å². The van der Waals surface area contributed by atoms with Crippen LogP contribution in [0.2, 0.25) is 10.0 Å². The number of carboxylic acid groups (broad SMARTS) is 1. The number of hydrogen-bond donors (Lipinski definition) is 4. The fourth-order valence-corrected chi connectivity index (χ4v) is 7.78. The Balaban J connectivity index is 1.13. The standard InChI is InChI=1S/C44H41Cl2N7O5/c1-52(40(25-54)44(56)57)23-32-15-38(45)31(16-41(32)58-26-29-14-28(17-47)19-48-20-29)24-53-39-7-3-5-35(37(39)22-50-53)36-6-2-4-34(43(36)46)30-10-8-27(9-11-30)18-49-21-33-12-13-42(55)51-33/h2-11,14-16,19-20,22,33,40,49,54H,12-13,18,21,23-26H2,1H3,(H,51,55)(H,56,57)/t33-,40-/m0/s1. The Morgan fingerprint density at radius 3 is 2.55 bits per heavy atom. The maximum Gasteiger partial charge on any atom is 0.323 e. The molecule has 2 atom stereocenters. The van der Waals surface area contributed by atoms with Crippen LogP contribution in [0, 0.1) is 11.3 Å². The van der Waals surface area contributed by atoms with Gasteiger partial charge in [-0.1, -0.05) is 77.8 Å². The highest BCUT2D eigenvalue weighted by atomic mass is 35.5. The number of nitrogens with zero attached hydrogens (tertiary/aromatic N) is 5. The molecule has 6 aromatic rings. The zero-order valence-corrected chi connectivity index (χ0v) is 33.2. The number of carboxylic acids is 1. The average Bonchev–Trinajstić information content (AvgIpc) is 3.84. The third-order valence-corrected chi connectivity index (χ3v) is 11.1. The summed E-state index contributed by atoms with van der Waals surface area (Å²) in [7, 11) is 1.60. The Labute approximate surface area is 345 Å². The van der Waals surface area contributed by atoms with Gasteiger partial charge in [-0.3, -0.25) is 24.2 Å². The molecule has 14 heteroatoms. The van der Waals surface area contributed by atoms with Gasteiger partial charge < -0.3 is 25.6 Å². The molecule has 3 heterocycles. The molecule has 4 N–H and O–H groups in total. The second-order valence-electron chi connectivity index (χ2n) is 14.3. The van der Waals surface area contributed by atoms with Gasteiger partial charge in [0.25, 0.3) is 0 Å². The van der Waals surface area contributed by atoms with Crippen LogP contribution in [0.4, 0.5) is 0 Å². The van der Waals surface area contributed by atoms with Gasteiger partial charge in [0, 0.05) is 77.2 Å². The van der Waals surface area contributed by atoms with Gasteiger partial charge in [0.15, 0.2) is 0 Å². The fourth-order valence-electron chi connectivity index (χ4n) is 7.20. The summed E-state index contributed by atoms with van der Waals surface area (Å²) in [6.45, 7) is 1.38. The Morgan fingerprint density at radius 1 is 1.03 bits per heavy atom. The molecule has 296 valence electrons. The number of ether oxygens (including phenoxy) is 1. The van der Waals surface area contributed by atoms with Crippen LogP contribution in [0.25, 0.3) is 33.2 Å². The van der Waals surface area contributed by atoms with E-state index in [1.54, 1.807) is 25.4 Å². The summed E-state index contributed by atoms with van der Waals surface area (Å²) in [6, 6.07) is 26.7. The van der Waals surface area contributed by atoms with Crippen LogP contribution in [-0.2, 0) is 35.8 Å². The van der Waals surface area contributed by atoms with Crippen LogP contribution < -0.4 is 15.4 Å². The van der Waals surface area contributed by atoms with Crippen LogP contribution in [0.1, 0.15) is 40.7 Å². The number of halogens is 2. The molecule has 7 rings (SSSR count). The largest absolute Gasteiger partial charge is 0.489 e. The van der Waals surface area contributed by atoms with Gasteiger partial charge in [0.05, 0.1) is 35.5 Å². The second-order valence-corrected chi connectivity index (χ2v) is 15.1. The van der Waals surface area contributed by atoms with Gasteiger partial charge in [-0.05, 0) is 60.0 Å². The molecule has 1 fully saturated rings. The van der Waals surface area contributed by atoms with E-state index in [4.69, 9.17) is 33.0 Å². The number of aliphatic carboxylic acids is 1. The summed E-state index contributed by atoms with van der Waals surface area (Å²) in [5.74, 6) is -0.581. The van der Waals surface area contributed by atoms with Crippen molar-refractivity contribution < 1.29 is 24.5 Å². The van der Waals surface area contributed by atoms with Crippen LogP contribution >= 0.6 is 23.2 Å². The zero-order chi connectivity index (χ0) is 40.8. The van der Waals surface area contributed by atoms with Gasteiger partial charge in [-0.15, -0.1) is 0 Å². The molecule has 1 aliphatic rings. The number of rotatable bonds is 16. The van der Waals surface area contributed by atoms with Crippen molar-refractivity contribution in [3.63, 3.8) is 0 Å². The first kappa shape index (κ1) is 40.4. The quantitative estimate of drug-likeness (QED) is 0.0815. The minimum absolute atomic E-state index is 0.0975. The average molecular weight is 819 g/mol. The highest BCUT2D eigenvalue weighted by Crippen LogP contribution is 2.40. The smallest absolute Gasteiger partial charge is 0.323 e. The number of carbonyl (C=O) groups is 2. The SMILES string of the molecule is CN(Cc1cc(Cl)c(Cn2ncc3c(-c4cccc(-c5ccc(CNC[C@@H]6CCC(=O)N6)cc5)c4Cl)cccc32)cc1OCc1cncc(C#N)c1)[C@@H](CO)C(=O)O. The highest BCUT2D eigenvalue weighted by molar-refractivity contribution is 6.36. The number of fused-ring (bicyclic) bond motifs is 1. The number of amides is 1. The Hall–Kier alpha value is -5.81. The maximum atomic E-state index is 11.8. The number of hydrogen-bond acceptors (Lipinski definition) is 9. The fraction of sp³-hybridized carbons (Fsp3) is 0.250. The van der Waals surface area contributed by atoms with Crippen LogP contribution in [0.5, 0.6) is 5.75 Å². The zero-order valence-electron chi connectivity index (χ0n) is 31.7. The topological polar surface area (TPSA) is 166 Å². The second kappa shape index (κ2) is 18.2. The molecule has 1 saturated heterocycles. The normalized spacial score (nSPS) is 14.4. The van der Waals surface area contributed by atoms with Crippen molar-refractivity contribution in [2.45, 2.75) is 51.2 Å². The van der Waals surface area contributed by atoms with Gasteiger partial charge in [-0.25, -0.2) is 0 Å². The summed E-state index contributed by atoms with van der Waals surface area (Å²) in [5, 5.41) is 41.9. The number of benzene rings is 4. The van der Waals surface area contributed by atoms with Crippen LogP contribution in [0.3, 0.4) is 0 Å². The Kier molecular flexibility index (Phi) is 12.7. The van der Waals surface area contributed by atoms with E-state index in [2.05, 4.69) is 46.0 Å². The number of aliphatic hydroxyl groups excluding tert-OH is 1. The summed E-state index contributed by atoms with van der Waals surface area (Å²) < 4.78 is 8.13. The van der Waals surface area contributed by atoms with E-state index in [-0.39, 0.29) is 25.1 Å². The molecule has 58 heavy (non-hydrogen) atoms. The predicted octanol–water partition coefficient (Wildman–Crippen LogP) is 6.82. The molecular formula is C44H41Cl2N7O5. The highest BCUT2D eigenvalue weighted by Gasteiger charge is 2.24. The molecule has 0 radical (unpaired) electrons. The molecule has 2 aromatic heterocycles. The molecule has 12 nitrogen and oxygen atoms in total. The third kappa shape index (κ3) is 9.15. The van der Waals surface area contributed by atoms with E-state index in [9.17, 15) is 25.1 Å². The van der Waals surface area contributed by atoms with Crippen molar-refractivity contribution in [3.05, 3.63) is 135 Å². The minimum atomic E-state index is -1.15. The predicted molar refractivity (Wildman–Crippen MR) is 222 cm³/mol. The number of aromatic nitrogens is 3. The molecule has 4 aromatic carbocycles. The van der Waals surface area contributed by atoms with E-state index in [1.165, 1.54) is 11.1 Å². The molecule has 0 unspecified atom stereocenters. The molecule has 0 aliphatic carbocycles. The number of likely N-dealkylation sites (N-methyl/N-ethyl adjacent to an activating group) is 1. The van der Waals surface area contributed by atoms with E-state index in [0.29, 0.717) is 57.6 Å². The molecule has 0 bridgehead atoms. The lowest BCUT2D eigenvalue weighted by molar-refractivity contribution is -0.144. The monoisotopic (exact) mass is 817 g/mol. The Morgan fingerprint density at radius 2 is 1.81 bits per heavy atom. The Bertz CT molecular complexity index is 2500. The first-order valence-corrected chi connectivity index (χ1v) is 19.5. The summed E-state index contributed by atoms with van der Waals surface area (Å²) in [4.78, 5) is 28.9. The van der Waals surface area contributed by atoms with Crippen LogP contribution in [0.15, 0.2) is 97.5 Å². The number of nitrogens with one attached hydrogen (secondary N) is 2. The number of pyridine rings is 1. The summed E-state index contributed by atoms with van der Waals surface area (Å²) in [5.41, 5.74) is 8.10. The molecular weight excluding hydrogens is 777 g/mol. The summed E-state index contributed by atoms with van der Waals surface area (Å²) >= 11 is 14.1. The first-order chi connectivity index (χ1) is 28.1. The van der Waals surface area contributed by atoms with Gasteiger partial charge in [0.1, 0.15) is 24.5 Å². The molecule has 0 saturated carbocycles. The van der Waals surface area contributed by atoms with E-state index >= 15 is 0 Å². The lowest BCUT2D eigenvalue weighted by Gasteiger charge is -2.24. The lowest BCUT2D eigenvalue weighted by atomic mass is 9.96. The van der Waals surface area contributed by atoms with Crippen LogP contribution in [-0.4, -0.2) is 74.0 Å². The van der Waals surface area contributed by atoms with Gasteiger partial charge in [0.2, 0.25) is 5.91 Å². The summed E-state index contributed by atoms with van der Waals surface area (Å²) in [6.07, 6.45) is 6.35. The van der Waals surface area contributed by atoms with Crippen molar-refractivity contribution >= 4 is 46.0 Å². The van der Waals surface area contributed by atoms with E-state index in [0.717, 1.165) is 51.7 Å². The van der Waals surface area contributed by atoms with Crippen molar-refractivity contribution in [2.24, 2.45) is 0 Å². The maximum absolute atomic E-state index is 11.8. The first-order valence-electron chi connectivity index (χ1n) is 18.8. The number of carbonyl (C=O) groups excluding carboxylic acids is 1. The number of nitriles is 1. The van der Waals surface area contributed by atoms with E-state index < -0.39 is 18.6 Å². The molecule has 0 spiro atoms. The van der Waals surface area contributed by atoms with Gasteiger partial charge in [-0.2, -0.15) is 10.4 Å². The molecule has 1 aliphatic heterocycles. The molecule has 1 amide bonds. The van der Waals surface area contributed by atoms with Crippen molar-refractivity contribution in [1.82, 2.24) is 30.3 Å². The number of aliphatic hydroxyl groups is 1. The lowest BCUT2D eigenvalue weighted by Crippen LogP contribution is -2.40. The van der Waals surface area contributed by atoms with Gasteiger partial charge >= 0.3 is 5.97 Å². The van der Waals surface area contributed by atoms with Crippen molar-refractivity contribution in [1.29, 1.82) is 5.26 Å². The third-order valence-electron chi connectivity index (χ3n) is 10.3. The minimum Gasteiger partial charge on any atom is -0.489 e.